The van der Waals surface area contributed by atoms with Crippen molar-refractivity contribution < 1.29 is 24.6 Å². The van der Waals surface area contributed by atoms with Crippen LogP contribution >= 0.6 is 11.6 Å². The van der Waals surface area contributed by atoms with E-state index in [4.69, 9.17) is 26.9 Å². The van der Waals surface area contributed by atoms with Gasteiger partial charge in [-0.1, -0.05) is 65.9 Å². The van der Waals surface area contributed by atoms with Crippen molar-refractivity contribution in [3.63, 3.8) is 0 Å². The number of rotatable bonds is 9. The molecule has 0 spiro atoms. The Kier molecular flexibility index (Phi) is 12.5. The van der Waals surface area contributed by atoms with Crippen LogP contribution in [0.5, 0.6) is 11.5 Å². The zero-order valence-electron chi connectivity index (χ0n) is 22.8. The van der Waals surface area contributed by atoms with Crippen molar-refractivity contribution in [2.75, 3.05) is 45.9 Å². The summed E-state index contributed by atoms with van der Waals surface area (Å²) < 4.78 is 5.85. The number of nitrogens with zero attached hydrogens (tertiary/aromatic N) is 3. The molecule has 0 bridgehead atoms. The van der Waals surface area contributed by atoms with Crippen molar-refractivity contribution in [2.45, 2.75) is 12.5 Å². The number of aromatic hydroxyl groups is 1. The number of benzene rings is 3. The van der Waals surface area contributed by atoms with Gasteiger partial charge in [-0.05, 0) is 41.5 Å². The van der Waals surface area contributed by atoms with E-state index in [1.54, 1.807) is 12.1 Å². The normalized spacial score (nSPS) is 14.1. The number of nitrogens with two attached hydrogens (primary N) is 1. The average molecular weight is 579 g/mol. The van der Waals surface area contributed by atoms with Crippen LogP contribution in [0.3, 0.4) is 0 Å². The monoisotopic (exact) mass is 578 g/mol. The largest absolute Gasteiger partial charge is 0.504 e. The number of phenols is 1. The zero-order chi connectivity index (χ0) is 29.6. The number of urea groups is 1. The van der Waals surface area contributed by atoms with Crippen LogP contribution in [0.25, 0.3) is 0 Å². The van der Waals surface area contributed by atoms with Gasteiger partial charge in [0, 0.05) is 49.7 Å². The Bertz CT molecular complexity index is 1310. The van der Waals surface area contributed by atoms with E-state index in [9.17, 15) is 15.1 Å². The molecule has 0 aromatic heterocycles. The van der Waals surface area contributed by atoms with E-state index in [1.165, 1.54) is 17.2 Å². The number of primary amides is 1. The number of carbonyl (C=O) groups excluding carboxylic acids is 2. The van der Waals surface area contributed by atoms with Gasteiger partial charge in [0.15, 0.2) is 11.5 Å². The molecule has 1 saturated heterocycles. The summed E-state index contributed by atoms with van der Waals surface area (Å²) in [5, 5.41) is 20.7. The van der Waals surface area contributed by atoms with E-state index in [1.807, 2.05) is 25.0 Å². The Morgan fingerprint density at radius 2 is 1.68 bits per heavy atom. The summed E-state index contributed by atoms with van der Waals surface area (Å²) in [5.41, 5.74) is 8.05. The fourth-order valence-electron chi connectivity index (χ4n) is 4.58. The van der Waals surface area contributed by atoms with E-state index < -0.39 is 6.03 Å². The van der Waals surface area contributed by atoms with Gasteiger partial charge in [-0.15, -0.1) is 0 Å². The van der Waals surface area contributed by atoms with Crippen molar-refractivity contribution in [3.8, 4) is 23.3 Å². The first kappa shape index (κ1) is 31.5. The van der Waals surface area contributed by atoms with Crippen LogP contribution in [0.1, 0.15) is 29.2 Å². The van der Waals surface area contributed by atoms with E-state index in [2.05, 4.69) is 58.0 Å². The van der Waals surface area contributed by atoms with Crippen LogP contribution in [-0.2, 0) is 4.79 Å². The third kappa shape index (κ3) is 9.52. The minimum atomic E-state index is -0.924. The molecule has 4 N–H and O–H groups in total. The number of phenolic OH excluding ortho intramolecular Hbond substituents is 1. The Labute approximate surface area is 245 Å². The number of ether oxygens (including phenoxy) is 1. The molecule has 0 radical (unpaired) electrons. The van der Waals surface area contributed by atoms with Gasteiger partial charge in [-0.3, -0.25) is 15.0 Å². The first-order valence-corrected chi connectivity index (χ1v) is 13.5. The SMILES string of the molecule is C=O.NC(=O)N(O)CCC#Cc1ccc(OCCN2CCN([C@H](c3ccccc3)c3ccc(Cl)cc3)CC2)c(O)c1. The molecule has 3 aromatic carbocycles. The molecule has 1 atom stereocenters. The second-order valence-corrected chi connectivity index (χ2v) is 9.72. The third-order valence-electron chi connectivity index (χ3n) is 6.63. The van der Waals surface area contributed by atoms with E-state index in [0.29, 0.717) is 23.0 Å². The molecule has 0 unspecified atom stereocenters. The summed E-state index contributed by atoms with van der Waals surface area (Å²) in [7, 11) is 0. The van der Waals surface area contributed by atoms with Crippen LogP contribution in [0.2, 0.25) is 5.02 Å². The lowest BCUT2D eigenvalue weighted by molar-refractivity contribution is -0.0980. The molecule has 10 heteroatoms. The lowest BCUT2D eigenvalue weighted by Crippen LogP contribution is -2.48. The molecule has 3 aromatic rings. The van der Waals surface area contributed by atoms with Gasteiger partial charge in [0.2, 0.25) is 0 Å². The smallest absolute Gasteiger partial charge is 0.338 e. The lowest BCUT2D eigenvalue weighted by Gasteiger charge is -2.39. The molecule has 1 aliphatic heterocycles. The number of halogens is 1. The zero-order valence-corrected chi connectivity index (χ0v) is 23.5. The first-order valence-electron chi connectivity index (χ1n) is 13.2. The Morgan fingerprint density at radius 1 is 1.02 bits per heavy atom. The third-order valence-corrected chi connectivity index (χ3v) is 6.88. The molecule has 4 rings (SSSR count). The highest BCUT2D eigenvalue weighted by atomic mass is 35.5. The average Bonchev–Trinajstić information content (AvgIpc) is 2.99. The predicted molar refractivity (Wildman–Crippen MR) is 158 cm³/mol. The standard InChI is InChI=1S/C30H33ClN4O4.CH2O/c31-26-12-10-25(11-13-26)29(24-7-2-1-3-8-24)34-18-16-33(17-19-34)20-21-39-28-14-9-23(22-27(28)36)6-4-5-15-35(38)30(32)37;1-2/h1-3,7-14,22,29,36,38H,5,15-21H2,(H2,32,37);1H2/t29-;/m1./s1. The number of amides is 2. The number of hydroxylamine groups is 2. The fourth-order valence-corrected chi connectivity index (χ4v) is 4.70. The van der Waals surface area contributed by atoms with Gasteiger partial charge in [0.1, 0.15) is 13.4 Å². The Hall–Kier alpha value is -4.07. The highest BCUT2D eigenvalue weighted by Gasteiger charge is 2.26. The molecular weight excluding hydrogens is 544 g/mol. The number of carbonyl (C=O) groups is 2. The predicted octanol–water partition coefficient (Wildman–Crippen LogP) is 4.16. The first-order chi connectivity index (χ1) is 19.9. The highest BCUT2D eigenvalue weighted by molar-refractivity contribution is 6.30. The minimum absolute atomic E-state index is 0.0117. The van der Waals surface area contributed by atoms with Crippen LogP contribution in [0, 0.1) is 11.8 Å². The number of piperazine rings is 1. The van der Waals surface area contributed by atoms with Crippen LogP contribution in [0.15, 0.2) is 72.8 Å². The maximum Gasteiger partial charge on any atom is 0.338 e. The van der Waals surface area contributed by atoms with Crippen LogP contribution in [-0.4, -0.2) is 83.9 Å². The van der Waals surface area contributed by atoms with Crippen molar-refractivity contribution in [2.24, 2.45) is 5.73 Å². The molecule has 0 aliphatic carbocycles. The molecule has 216 valence electrons. The summed E-state index contributed by atoms with van der Waals surface area (Å²) in [6, 6.07) is 22.9. The van der Waals surface area contributed by atoms with Gasteiger partial charge >= 0.3 is 6.03 Å². The summed E-state index contributed by atoms with van der Waals surface area (Å²) in [5.74, 6) is 6.13. The Balaban J connectivity index is 0.00000226. The molecule has 2 amide bonds. The summed E-state index contributed by atoms with van der Waals surface area (Å²) in [4.78, 5) is 23.7. The fraction of sp³-hybridized carbons (Fsp3) is 0.290. The maximum absolute atomic E-state index is 10.8. The quantitative estimate of drug-likeness (QED) is 0.198. The lowest BCUT2D eigenvalue weighted by atomic mass is 9.96. The molecular formula is C31H35ClN4O5. The van der Waals surface area contributed by atoms with Gasteiger partial charge in [-0.2, -0.15) is 0 Å². The Morgan fingerprint density at radius 3 is 2.32 bits per heavy atom. The minimum Gasteiger partial charge on any atom is -0.504 e. The van der Waals surface area contributed by atoms with Crippen molar-refractivity contribution in [3.05, 3.63) is 94.5 Å². The van der Waals surface area contributed by atoms with Gasteiger partial charge in [0.05, 0.1) is 12.6 Å². The summed E-state index contributed by atoms with van der Waals surface area (Å²) in [6.07, 6.45) is 0.248. The molecule has 1 aliphatic rings. The molecule has 41 heavy (non-hydrogen) atoms. The maximum atomic E-state index is 10.8. The van der Waals surface area contributed by atoms with Crippen LogP contribution in [0.4, 0.5) is 4.79 Å². The molecule has 1 heterocycles. The van der Waals surface area contributed by atoms with Gasteiger partial charge in [0.25, 0.3) is 0 Å². The highest BCUT2D eigenvalue weighted by Crippen LogP contribution is 2.30. The molecule has 9 nitrogen and oxygen atoms in total. The second-order valence-electron chi connectivity index (χ2n) is 9.29. The van der Waals surface area contributed by atoms with E-state index in [0.717, 1.165) is 37.7 Å². The van der Waals surface area contributed by atoms with Crippen molar-refractivity contribution >= 4 is 24.4 Å². The number of hydrogen-bond donors (Lipinski definition) is 3. The van der Waals surface area contributed by atoms with Crippen molar-refractivity contribution in [1.29, 1.82) is 0 Å². The van der Waals surface area contributed by atoms with E-state index >= 15 is 0 Å². The van der Waals surface area contributed by atoms with Crippen LogP contribution < -0.4 is 10.5 Å². The number of hydrogen-bond acceptors (Lipinski definition) is 7. The molecule has 1 fully saturated rings. The molecule has 0 saturated carbocycles. The summed E-state index contributed by atoms with van der Waals surface area (Å²) in [6.45, 7) is 6.91. The van der Waals surface area contributed by atoms with Gasteiger partial charge < -0.3 is 20.4 Å². The summed E-state index contributed by atoms with van der Waals surface area (Å²) >= 11 is 6.15. The van der Waals surface area contributed by atoms with E-state index in [-0.39, 0.29) is 24.8 Å². The van der Waals surface area contributed by atoms with Crippen molar-refractivity contribution in [1.82, 2.24) is 14.9 Å². The second kappa shape index (κ2) is 16.3. The topological polar surface area (TPSA) is 120 Å². The van der Waals surface area contributed by atoms with Gasteiger partial charge in [-0.25, -0.2) is 9.86 Å².